The van der Waals surface area contributed by atoms with Crippen LogP contribution in [0.3, 0.4) is 0 Å². The Balaban J connectivity index is 1.87. The highest BCUT2D eigenvalue weighted by atomic mass is 16.5. The van der Waals surface area contributed by atoms with Crippen molar-refractivity contribution in [3.05, 3.63) is 48.0 Å². The quantitative estimate of drug-likeness (QED) is 0.721. The lowest BCUT2D eigenvalue weighted by molar-refractivity contribution is -0.118. The number of benzene rings is 2. The number of methoxy groups -OCH3 is 2. The topological polar surface area (TPSA) is 77.1 Å². The first-order chi connectivity index (χ1) is 14.9. The minimum Gasteiger partial charge on any atom is -0.493 e. The van der Waals surface area contributed by atoms with E-state index in [1.165, 1.54) is 14.2 Å². The average Bonchev–Trinajstić information content (AvgIpc) is 2.77. The van der Waals surface area contributed by atoms with Crippen molar-refractivity contribution >= 4 is 17.5 Å². The molecular formula is C24H30N2O5. The van der Waals surface area contributed by atoms with E-state index >= 15 is 0 Å². The molecule has 0 radical (unpaired) electrons. The molecule has 2 aromatic carbocycles. The zero-order valence-electron chi connectivity index (χ0n) is 18.5. The standard InChI is InChI=1S/C24H30N2O5/c1-16-9-8-10-17(2)26(16)24(28)19-13-21(29-3)22(30-4)14-20(19)25-23(27)15-31-18-11-6-5-7-12-18/h5-7,11-14,16-17H,8-10,15H2,1-4H3,(H,25,27)/t16-,17-/m1/s1. The normalized spacial score (nSPS) is 18.3. The maximum atomic E-state index is 13.5. The van der Waals surface area contributed by atoms with Gasteiger partial charge < -0.3 is 24.4 Å². The Kier molecular flexibility index (Phi) is 7.39. The number of amides is 2. The molecule has 0 bridgehead atoms. The molecule has 0 saturated carbocycles. The van der Waals surface area contributed by atoms with Crippen molar-refractivity contribution in [3.8, 4) is 17.2 Å². The number of ether oxygens (including phenoxy) is 3. The van der Waals surface area contributed by atoms with E-state index in [4.69, 9.17) is 14.2 Å². The van der Waals surface area contributed by atoms with Gasteiger partial charge in [-0.3, -0.25) is 9.59 Å². The molecule has 1 aliphatic heterocycles. The van der Waals surface area contributed by atoms with E-state index in [1.54, 1.807) is 24.3 Å². The number of carbonyl (C=O) groups is 2. The van der Waals surface area contributed by atoms with E-state index in [0.29, 0.717) is 28.5 Å². The molecule has 0 aliphatic carbocycles. The Hall–Kier alpha value is -3.22. The molecule has 0 unspecified atom stereocenters. The maximum Gasteiger partial charge on any atom is 0.262 e. The van der Waals surface area contributed by atoms with Gasteiger partial charge in [0.25, 0.3) is 11.8 Å². The number of nitrogens with one attached hydrogen (secondary N) is 1. The summed E-state index contributed by atoms with van der Waals surface area (Å²) >= 11 is 0. The molecule has 7 heteroatoms. The van der Waals surface area contributed by atoms with Crippen molar-refractivity contribution in [2.45, 2.75) is 45.2 Å². The monoisotopic (exact) mass is 426 g/mol. The van der Waals surface area contributed by atoms with Crippen molar-refractivity contribution in [2.75, 3.05) is 26.1 Å². The zero-order valence-corrected chi connectivity index (χ0v) is 18.5. The van der Waals surface area contributed by atoms with Crippen LogP contribution in [-0.2, 0) is 4.79 Å². The van der Waals surface area contributed by atoms with Gasteiger partial charge >= 0.3 is 0 Å². The van der Waals surface area contributed by atoms with E-state index in [2.05, 4.69) is 19.2 Å². The van der Waals surface area contributed by atoms with Gasteiger partial charge in [0.2, 0.25) is 0 Å². The van der Waals surface area contributed by atoms with Gasteiger partial charge in [0, 0.05) is 18.2 Å². The van der Waals surface area contributed by atoms with Gasteiger partial charge in [-0.2, -0.15) is 0 Å². The number of hydrogen-bond donors (Lipinski definition) is 1. The SMILES string of the molecule is COc1cc(NC(=O)COc2ccccc2)c(C(=O)N2[C@H](C)CCC[C@H]2C)cc1OC. The van der Waals surface area contributed by atoms with Gasteiger partial charge in [0.1, 0.15) is 5.75 Å². The molecule has 1 saturated heterocycles. The summed E-state index contributed by atoms with van der Waals surface area (Å²) in [4.78, 5) is 28.0. The molecule has 3 rings (SSSR count). The van der Waals surface area contributed by atoms with Crippen molar-refractivity contribution in [1.82, 2.24) is 4.90 Å². The summed E-state index contributed by atoms with van der Waals surface area (Å²) in [5.74, 6) is 0.946. The minimum absolute atomic E-state index is 0.120. The van der Waals surface area contributed by atoms with Crippen LogP contribution in [0.15, 0.2) is 42.5 Å². The second-order valence-corrected chi connectivity index (χ2v) is 7.74. The minimum atomic E-state index is -0.370. The summed E-state index contributed by atoms with van der Waals surface area (Å²) in [5.41, 5.74) is 0.737. The number of piperidine rings is 1. The Morgan fingerprint density at radius 2 is 1.61 bits per heavy atom. The molecular weight excluding hydrogens is 396 g/mol. The van der Waals surface area contributed by atoms with Gasteiger partial charge in [-0.15, -0.1) is 0 Å². The third-order valence-corrected chi connectivity index (χ3v) is 5.57. The molecule has 2 aromatic rings. The molecule has 1 heterocycles. The average molecular weight is 427 g/mol. The highest BCUT2D eigenvalue weighted by Gasteiger charge is 2.32. The molecule has 31 heavy (non-hydrogen) atoms. The Labute approximate surface area is 183 Å². The van der Waals surface area contributed by atoms with Crippen LogP contribution < -0.4 is 19.5 Å². The Bertz CT molecular complexity index is 906. The third-order valence-electron chi connectivity index (χ3n) is 5.57. The van der Waals surface area contributed by atoms with E-state index in [0.717, 1.165) is 19.3 Å². The summed E-state index contributed by atoms with van der Waals surface area (Å²) in [5, 5.41) is 2.81. The van der Waals surface area contributed by atoms with E-state index in [-0.39, 0.29) is 30.5 Å². The number of hydrogen-bond acceptors (Lipinski definition) is 5. The maximum absolute atomic E-state index is 13.5. The summed E-state index contributed by atoms with van der Waals surface area (Å²) < 4.78 is 16.3. The molecule has 1 aliphatic rings. The molecule has 2 amide bonds. The van der Waals surface area contributed by atoms with Crippen LogP contribution >= 0.6 is 0 Å². The van der Waals surface area contributed by atoms with Crippen molar-refractivity contribution in [2.24, 2.45) is 0 Å². The van der Waals surface area contributed by atoms with Crippen molar-refractivity contribution in [1.29, 1.82) is 0 Å². The summed E-state index contributed by atoms with van der Waals surface area (Å²) in [6.07, 6.45) is 3.00. The lowest BCUT2D eigenvalue weighted by Gasteiger charge is -2.39. The Morgan fingerprint density at radius 1 is 1.00 bits per heavy atom. The molecule has 0 aromatic heterocycles. The fourth-order valence-corrected chi connectivity index (χ4v) is 3.97. The molecule has 2 atom stereocenters. The van der Waals surface area contributed by atoms with E-state index in [9.17, 15) is 9.59 Å². The first-order valence-electron chi connectivity index (χ1n) is 10.5. The zero-order chi connectivity index (χ0) is 22.4. The van der Waals surface area contributed by atoms with Crippen LogP contribution in [-0.4, -0.2) is 49.6 Å². The van der Waals surface area contributed by atoms with Crippen LogP contribution in [0, 0.1) is 0 Å². The van der Waals surface area contributed by atoms with Gasteiger partial charge in [0.15, 0.2) is 18.1 Å². The lowest BCUT2D eigenvalue weighted by Crippen LogP contribution is -2.47. The van der Waals surface area contributed by atoms with Gasteiger partial charge in [-0.05, 0) is 51.3 Å². The molecule has 7 nitrogen and oxygen atoms in total. The summed E-state index contributed by atoms with van der Waals surface area (Å²) in [6.45, 7) is 3.93. The van der Waals surface area contributed by atoms with Gasteiger partial charge in [0.05, 0.1) is 25.5 Å². The summed E-state index contributed by atoms with van der Waals surface area (Å²) in [6, 6.07) is 12.6. The summed E-state index contributed by atoms with van der Waals surface area (Å²) in [7, 11) is 3.03. The van der Waals surface area contributed by atoms with Crippen LogP contribution in [0.1, 0.15) is 43.5 Å². The van der Waals surface area contributed by atoms with Crippen LogP contribution in [0.25, 0.3) is 0 Å². The molecule has 0 spiro atoms. The van der Waals surface area contributed by atoms with E-state index in [1.807, 2.05) is 23.1 Å². The second kappa shape index (κ2) is 10.2. The van der Waals surface area contributed by atoms with Gasteiger partial charge in [-0.25, -0.2) is 0 Å². The van der Waals surface area contributed by atoms with Crippen molar-refractivity contribution < 1.29 is 23.8 Å². The fraction of sp³-hybridized carbons (Fsp3) is 0.417. The largest absolute Gasteiger partial charge is 0.493 e. The lowest BCUT2D eigenvalue weighted by atomic mass is 9.96. The van der Waals surface area contributed by atoms with Crippen LogP contribution in [0.2, 0.25) is 0 Å². The number of nitrogens with zero attached hydrogens (tertiary/aromatic N) is 1. The third kappa shape index (κ3) is 5.29. The predicted octanol–water partition coefficient (Wildman–Crippen LogP) is 4.12. The molecule has 1 fully saturated rings. The number of carbonyl (C=O) groups excluding carboxylic acids is 2. The van der Waals surface area contributed by atoms with E-state index < -0.39 is 0 Å². The molecule has 1 N–H and O–H groups in total. The number of para-hydroxylation sites is 1. The number of rotatable bonds is 7. The van der Waals surface area contributed by atoms with Crippen LogP contribution in [0.5, 0.6) is 17.2 Å². The fourth-order valence-electron chi connectivity index (χ4n) is 3.97. The predicted molar refractivity (Wildman–Crippen MR) is 119 cm³/mol. The number of anilines is 1. The highest BCUT2D eigenvalue weighted by Crippen LogP contribution is 2.35. The smallest absolute Gasteiger partial charge is 0.262 e. The second-order valence-electron chi connectivity index (χ2n) is 7.74. The Morgan fingerprint density at radius 3 is 2.23 bits per heavy atom. The number of likely N-dealkylation sites (tertiary alicyclic amines) is 1. The first kappa shape index (κ1) is 22.5. The van der Waals surface area contributed by atoms with Crippen molar-refractivity contribution in [3.63, 3.8) is 0 Å². The first-order valence-corrected chi connectivity index (χ1v) is 10.5. The highest BCUT2D eigenvalue weighted by molar-refractivity contribution is 6.05. The molecule has 166 valence electrons. The van der Waals surface area contributed by atoms with Crippen LogP contribution in [0.4, 0.5) is 5.69 Å². The van der Waals surface area contributed by atoms with Gasteiger partial charge in [-0.1, -0.05) is 18.2 Å².